The van der Waals surface area contributed by atoms with Crippen LogP contribution in [0.25, 0.3) is 0 Å². The van der Waals surface area contributed by atoms with Gasteiger partial charge in [0.15, 0.2) is 24.1 Å². The van der Waals surface area contributed by atoms with Crippen LogP contribution in [0.3, 0.4) is 0 Å². The zero-order valence-electron chi connectivity index (χ0n) is 16.3. The summed E-state index contributed by atoms with van der Waals surface area (Å²) in [7, 11) is 1.85. The number of likely N-dealkylation sites (N-methyl/N-ethyl adjacent to an activating group) is 1. The number of carbonyl (C=O) groups is 1. The van der Waals surface area contributed by atoms with Crippen LogP contribution < -0.4 is 24.3 Å². The molecule has 1 fully saturated rings. The molecule has 28 heavy (non-hydrogen) atoms. The van der Waals surface area contributed by atoms with Crippen LogP contribution in [0.5, 0.6) is 11.5 Å². The van der Waals surface area contributed by atoms with Crippen LogP contribution in [0, 0.1) is 0 Å². The molecule has 0 unspecified atom stereocenters. The smallest absolute Gasteiger partial charge is 0.277 e. The minimum Gasteiger partial charge on any atom is -0.486 e. The molecule has 0 bridgehead atoms. The van der Waals surface area contributed by atoms with Crippen molar-refractivity contribution in [2.24, 2.45) is 0 Å². The number of hydrogen-bond acceptors (Lipinski definition) is 4. The summed E-state index contributed by atoms with van der Waals surface area (Å²) in [5, 5.41) is 0. The van der Waals surface area contributed by atoms with Crippen LogP contribution in [0.15, 0.2) is 48.7 Å². The van der Waals surface area contributed by atoms with Crippen LogP contribution in [-0.4, -0.2) is 69.8 Å². The number of amides is 1. The van der Waals surface area contributed by atoms with E-state index < -0.39 is 0 Å². The molecule has 148 valence electrons. The first-order chi connectivity index (χ1) is 13.7. The number of piperazine rings is 1. The second-order valence-corrected chi connectivity index (χ2v) is 7.43. The summed E-state index contributed by atoms with van der Waals surface area (Å²) in [6.45, 7) is 5.33. The summed E-state index contributed by atoms with van der Waals surface area (Å²) in [6.07, 6.45) is 1.81. The Balaban J connectivity index is 1.23. The molecule has 2 N–H and O–H groups in total. The number of pyridine rings is 1. The number of aromatic nitrogens is 1. The Labute approximate surface area is 165 Å². The number of benzene rings is 1. The molecule has 1 amide bonds. The lowest BCUT2D eigenvalue weighted by Crippen LogP contribution is -3.16. The number of aromatic amines is 1. The van der Waals surface area contributed by atoms with Gasteiger partial charge >= 0.3 is 0 Å². The van der Waals surface area contributed by atoms with Gasteiger partial charge in [0, 0.05) is 13.1 Å². The summed E-state index contributed by atoms with van der Waals surface area (Å²) in [4.78, 5) is 21.4. The van der Waals surface area contributed by atoms with E-state index in [-0.39, 0.29) is 12.0 Å². The van der Waals surface area contributed by atoms with E-state index >= 15 is 0 Å². The van der Waals surface area contributed by atoms with Crippen LogP contribution >= 0.6 is 0 Å². The van der Waals surface area contributed by atoms with Gasteiger partial charge < -0.3 is 19.3 Å². The molecular weight excluding hydrogens is 356 g/mol. The van der Waals surface area contributed by atoms with Crippen LogP contribution in [0.1, 0.15) is 0 Å². The number of para-hydroxylation sites is 2. The summed E-state index contributed by atoms with van der Waals surface area (Å²) in [5.74, 6) is 2.81. The second kappa shape index (κ2) is 8.48. The summed E-state index contributed by atoms with van der Waals surface area (Å²) in [6, 6.07) is 13.8. The highest BCUT2D eigenvalue weighted by Gasteiger charge is 2.29. The third-order valence-electron chi connectivity index (χ3n) is 5.38. The molecule has 1 saturated heterocycles. The van der Waals surface area contributed by atoms with Crippen LogP contribution in [0.4, 0.5) is 5.82 Å². The van der Waals surface area contributed by atoms with Crippen molar-refractivity contribution in [3.63, 3.8) is 0 Å². The highest BCUT2D eigenvalue weighted by Crippen LogP contribution is 2.30. The van der Waals surface area contributed by atoms with Crippen LogP contribution in [0.2, 0.25) is 0 Å². The number of rotatable bonds is 5. The van der Waals surface area contributed by atoms with Gasteiger partial charge in [-0.1, -0.05) is 18.2 Å². The van der Waals surface area contributed by atoms with E-state index in [1.54, 1.807) is 4.90 Å². The molecular formula is C21H28N4O3+2. The number of nitrogens with one attached hydrogen (secondary N) is 2. The van der Waals surface area contributed by atoms with Crippen molar-refractivity contribution >= 4 is 11.7 Å². The minimum atomic E-state index is -0.135. The molecule has 1 atom stereocenters. The van der Waals surface area contributed by atoms with Gasteiger partial charge in [-0.25, -0.2) is 4.98 Å². The number of quaternary nitrogens is 1. The predicted molar refractivity (Wildman–Crippen MR) is 105 cm³/mol. The molecule has 2 aliphatic rings. The van der Waals surface area contributed by atoms with Crippen molar-refractivity contribution in [3.8, 4) is 11.5 Å². The zero-order valence-corrected chi connectivity index (χ0v) is 16.3. The Bertz CT molecular complexity index is 793. The first kappa shape index (κ1) is 18.6. The molecule has 0 spiro atoms. The lowest BCUT2D eigenvalue weighted by molar-refractivity contribution is -0.892. The third kappa shape index (κ3) is 4.36. The van der Waals surface area contributed by atoms with Gasteiger partial charge in [-0.3, -0.25) is 9.69 Å². The molecule has 0 radical (unpaired) electrons. The van der Waals surface area contributed by atoms with Crippen molar-refractivity contribution < 1.29 is 24.2 Å². The van der Waals surface area contributed by atoms with Gasteiger partial charge in [-0.2, -0.15) is 0 Å². The van der Waals surface area contributed by atoms with Crippen molar-refractivity contribution in [2.45, 2.75) is 6.10 Å². The van der Waals surface area contributed by atoms with E-state index in [1.165, 1.54) is 4.90 Å². The molecule has 0 saturated carbocycles. The number of ether oxygens (including phenoxy) is 2. The van der Waals surface area contributed by atoms with E-state index in [2.05, 4.69) is 16.0 Å². The van der Waals surface area contributed by atoms with E-state index in [0.29, 0.717) is 19.7 Å². The minimum absolute atomic E-state index is 0.135. The van der Waals surface area contributed by atoms with E-state index in [4.69, 9.17) is 9.47 Å². The highest BCUT2D eigenvalue weighted by molar-refractivity contribution is 5.76. The molecule has 3 heterocycles. The molecule has 4 rings (SSSR count). The average molecular weight is 384 g/mol. The third-order valence-corrected chi connectivity index (χ3v) is 5.38. The van der Waals surface area contributed by atoms with Crippen molar-refractivity contribution in [2.75, 3.05) is 57.8 Å². The zero-order chi connectivity index (χ0) is 19.3. The Morgan fingerprint density at radius 1 is 1.18 bits per heavy atom. The van der Waals surface area contributed by atoms with Gasteiger partial charge in [0.1, 0.15) is 32.8 Å². The van der Waals surface area contributed by atoms with Crippen molar-refractivity contribution in [3.05, 3.63) is 48.7 Å². The molecule has 2 aliphatic heterocycles. The molecule has 1 aromatic heterocycles. The van der Waals surface area contributed by atoms with E-state index in [1.807, 2.05) is 49.6 Å². The summed E-state index contributed by atoms with van der Waals surface area (Å²) < 4.78 is 11.7. The van der Waals surface area contributed by atoms with Gasteiger partial charge in [0.25, 0.3) is 11.7 Å². The molecule has 1 aromatic carbocycles. The molecule has 7 heteroatoms. The number of anilines is 1. The topological polar surface area (TPSA) is 60.6 Å². The van der Waals surface area contributed by atoms with Gasteiger partial charge in [-0.15, -0.1) is 0 Å². The van der Waals surface area contributed by atoms with Gasteiger partial charge in [0.05, 0.1) is 12.7 Å². The number of carbonyl (C=O) groups excluding carboxylic acids is 1. The van der Waals surface area contributed by atoms with Gasteiger partial charge in [-0.05, 0) is 18.2 Å². The lowest BCUT2D eigenvalue weighted by atomic mass is 10.2. The summed E-state index contributed by atoms with van der Waals surface area (Å²) >= 11 is 0. The average Bonchev–Trinajstić information content (AvgIpc) is 2.75. The monoisotopic (exact) mass is 384 g/mol. The lowest BCUT2D eigenvalue weighted by Gasteiger charge is -2.31. The van der Waals surface area contributed by atoms with E-state index in [0.717, 1.165) is 43.5 Å². The maximum absolute atomic E-state index is 12.7. The number of fused-ring (bicyclic) bond motifs is 1. The van der Waals surface area contributed by atoms with Crippen molar-refractivity contribution in [1.82, 2.24) is 4.90 Å². The fourth-order valence-electron chi connectivity index (χ4n) is 3.73. The Kier molecular flexibility index (Phi) is 5.62. The number of hydrogen-bond donors (Lipinski definition) is 1. The van der Waals surface area contributed by atoms with Crippen LogP contribution in [-0.2, 0) is 4.79 Å². The fraction of sp³-hybridized carbons (Fsp3) is 0.429. The maximum atomic E-state index is 12.7. The molecule has 0 aliphatic carbocycles. The molecule has 2 aromatic rings. The van der Waals surface area contributed by atoms with Gasteiger partial charge in [0.2, 0.25) is 0 Å². The highest BCUT2D eigenvalue weighted by atomic mass is 16.6. The number of H-pyrrole nitrogens is 1. The predicted octanol–water partition coefficient (Wildman–Crippen LogP) is -0.496. The van der Waals surface area contributed by atoms with E-state index in [9.17, 15) is 4.79 Å². The SMILES string of the molecule is CN(C[C@H]1COc2ccccc2O1)C(=O)C[NH+]1CCN(c2cccc[nH+]2)CC1. The van der Waals surface area contributed by atoms with Crippen molar-refractivity contribution in [1.29, 1.82) is 0 Å². The largest absolute Gasteiger partial charge is 0.486 e. The quantitative estimate of drug-likeness (QED) is 0.756. The maximum Gasteiger partial charge on any atom is 0.277 e. The Morgan fingerprint density at radius 3 is 2.68 bits per heavy atom. The fourth-order valence-corrected chi connectivity index (χ4v) is 3.73. The standard InChI is InChI=1S/C21H26N4O3/c1-23(14-17-16-27-18-6-2-3-7-19(18)28-17)21(26)15-24-10-12-25(13-11-24)20-8-4-5-9-22-20/h2-9,17H,10-16H2,1H3/p+2/t17-/m0/s1. The normalized spacial score (nSPS) is 19.3. The molecule has 7 nitrogen and oxygen atoms in total. The Morgan fingerprint density at radius 2 is 1.93 bits per heavy atom. The summed E-state index contributed by atoms with van der Waals surface area (Å²) in [5.41, 5.74) is 0. The second-order valence-electron chi connectivity index (χ2n) is 7.43. The number of nitrogens with zero attached hydrogens (tertiary/aromatic N) is 2. The first-order valence-corrected chi connectivity index (χ1v) is 9.87. The first-order valence-electron chi connectivity index (χ1n) is 9.87. The Hall–Kier alpha value is -2.80.